The van der Waals surface area contributed by atoms with E-state index in [0.717, 1.165) is 31.5 Å². The van der Waals surface area contributed by atoms with Gasteiger partial charge >= 0.3 is 0 Å². The molecule has 2 aromatic carbocycles. The zero-order valence-corrected chi connectivity index (χ0v) is 14.3. The van der Waals surface area contributed by atoms with Gasteiger partial charge in [0.2, 0.25) is 0 Å². The first kappa shape index (κ1) is 17.0. The summed E-state index contributed by atoms with van der Waals surface area (Å²) in [7, 11) is 0. The minimum absolute atomic E-state index is 0.0182. The standard InChI is InChI=1S/C20H22N2O3/c1-15-6-4-9-18(12-15)25-14-19(23)21-17-8-5-7-16(13-17)20(24)22-10-2-3-11-22/h4-9,12-13H,2-3,10-11,14H2,1H3,(H,21,23). The average molecular weight is 338 g/mol. The smallest absolute Gasteiger partial charge is 0.262 e. The number of hydrogen-bond acceptors (Lipinski definition) is 3. The van der Waals surface area contributed by atoms with Gasteiger partial charge in [-0.15, -0.1) is 0 Å². The molecule has 3 rings (SSSR count). The maximum atomic E-state index is 12.4. The maximum absolute atomic E-state index is 12.4. The minimum Gasteiger partial charge on any atom is -0.484 e. The maximum Gasteiger partial charge on any atom is 0.262 e. The molecule has 0 atom stereocenters. The van der Waals surface area contributed by atoms with Crippen LogP contribution in [0.2, 0.25) is 0 Å². The molecule has 130 valence electrons. The Hall–Kier alpha value is -2.82. The second-order valence-corrected chi connectivity index (χ2v) is 6.23. The number of nitrogens with one attached hydrogen (secondary N) is 1. The predicted octanol–water partition coefficient (Wildman–Crippen LogP) is 3.25. The normalized spacial score (nSPS) is 13.6. The van der Waals surface area contributed by atoms with E-state index in [-0.39, 0.29) is 18.4 Å². The van der Waals surface area contributed by atoms with Crippen LogP contribution >= 0.6 is 0 Å². The van der Waals surface area contributed by atoms with Gasteiger partial charge in [0.25, 0.3) is 11.8 Å². The molecule has 0 saturated carbocycles. The number of benzene rings is 2. The lowest BCUT2D eigenvalue weighted by molar-refractivity contribution is -0.118. The van der Waals surface area contributed by atoms with Crippen LogP contribution in [0, 0.1) is 6.92 Å². The summed E-state index contributed by atoms with van der Waals surface area (Å²) < 4.78 is 5.49. The van der Waals surface area contributed by atoms with Gasteiger partial charge < -0.3 is 15.0 Å². The summed E-state index contributed by atoms with van der Waals surface area (Å²) in [5.41, 5.74) is 2.27. The summed E-state index contributed by atoms with van der Waals surface area (Å²) in [4.78, 5) is 26.3. The summed E-state index contributed by atoms with van der Waals surface area (Å²) >= 11 is 0. The van der Waals surface area contributed by atoms with Crippen molar-refractivity contribution in [2.24, 2.45) is 0 Å². The van der Waals surface area contributed by atoms with E-state index >= 15 is 0 Å². The van der Waals surface area contributed by atoms with Crippen molar-refractivity contribution in [2.45, 2.75) is 19.8 Å². The third-order valence-electron chi connectivity index (χ3n) is 4.15. The highest BCUT2D eigenvalue weighted by Crippen LogP contribution is 2.17. The second-order valence-electron chi connectivity index (χ2n) is 6.23. The van der Waals surface area contributed by atoms with E-state index in [2.05, 4.69) is 5.32 Å². The third kappa shape index (κ3) is 4.59. The van der Waals surface area contributed by atoms with E-state index in [0.29, 0.717) is 17.0 Å². The fraction of sp³-hybridized carbons (Fsp3) is 0.300. The minimum atomic E-state index is -0.257. The largest absolute Gasteiger partial charge is 0.484 e. The molecule has 1 aliphatic heterocycles. The van der Waals surface area contributed by atoms with E-state index in [1.165, 1.54) is 0 Å². The first-order valence-electron chi connectivity index (χ1n) is 8.50. The Morgan fingerprint density at radius 2 is 1.84 bits per heavy atom. The molecule has 0 bridgehead atoms. The molecule has 0 radical (unpaired) electrons. The first-order valence-corrected chi connectivity index (χ1v) is 8.50. The number of nitrogens with zero attached hydrogens (tertiary/aromatic N) is 1. The Kier molecular flexibility index (Phi) is 5.33. The van der Waals surface area contributed by atoms with Gasteiger partial charge in [0.1, 0.15) is 5.75 Å². The molecule has 2 amide bonds. The molecule has 1 fully saturated rings. The van der Waals surface area contributed by atoms with Crippen LogP contribution in [0.4, 0.5) is 5.69 Å². The molecule has 5 nitrogen and oxygen atoms in total. The van der Waals surface area contributed by atoms with Crippen molar-refractivity contribution in [3.63, 3.8) is 0 Å². The Morgan fingerprint density at radius 3 is 2.60 bits per heavy atom. The monoisotopic (exact) mass is 338 g/mol. The Labute approximate surface area is 147 Å². The highest BCUT2D eigenvalue weighted by molar-refractivity contribution is 5.97. The van der Waals surface area contributed by atoms with Gasteiger partial charge in [0.05, 0.1) is 0 Å². The van der Waals surface area contributed by atoms with Crippen LogP contribution in [0.25, 0.3) is 0 Å². The molecule has 1 N–H and O–H groups in total. The first-order chi connectivity index (χ1) is 12.1. The van der Waals surface area contributed by atoms with Gasteiger partial charge in [0.15, 0.2) is 6.61 Å². The molecule has 0 unspecified atom stereocenters. The molecule has 1 aliphatic rings. The number of carbonyl (C=O) groups is 2. The van der Waals surface area contributed by atoms with Crippen LogP contribution in [0.15, 0.2) is 48.5 Å². The van der Waals surface area contributed by atoms with E-state index in [9.17, 15) is 9.59 Å². The fourth-order valence-electron chi connectivity index (χ4n) is 2.88. The Balaban J connectivity index is 1.57. The molecular formula is C20H22N2O3. The number of ether oxygens (including phenoxy) is 1. The van der Waals surface area contributed by atoms with Gasteiger partial charge in [-0.3, -0.25) is 9.59 Å². The van der Waals surface area contributed by atoms with Crippen molar-refractivity contribution in [3.05, 3.63) is 59.7 Å². The van der Waals surface area contributed by atoms with Gasteiger partial charge in [-0.2, -0.15) is 0 Å². The van der Waals surface area contributed by atoms with E-state index in [4.69, 9.17) is 4.74 Å². The summed E-state index contributed by atoms with van der Waals surface area (Å²) in [6.45, 7) is 3.50. The second kappa shape index (κ2) is 7.83. The van der Waals surface area contributed by atoms with Crippen molar-refractivity contribution < 1.29 is 14.3 Å². The van der Waals surface area contributed by atoms with E-state index < -0.39 is 0 Å². The molecular weight excluding hydrogens is 316 g/mol. The molecule has 2 aromatic rings. The number of rotatable bonds is 5. The van der Waals surface area contributed by atoms with E-state index in [1.807, 2.05) is 36.1 Å². The van der Waals surface area contributed by atoms with Crippen molar-refractivity contribution >= 4 is 17.5 Å². The van der Waals surface area contributed by atoms with Crippen LogP contribution < -0.4 is 10.1 Å². The summed E-state index contributed by atoms with van der Waals surface area (Å²) in [6, 6.07) is 14.6. The van der Waals surface area contributed by atoms with Gasteiger partial charge in [-0.25, -0.2) is 0 Å². The fourth-order valence-corrected chi connectivity index (χ4v) is 2.88. The molecule has 1 heterocycles. The lowest BCUT2D eigenvalue weighted by Gasteiger charge is -2.16. The number of carbonyl (C=O) groups excluding carboxylic acids is 2. The van der Waals surface area contributed by atoms with Gasteiger partial charge in [0, 0.05) is 24.3 Å². The molecule has 0 spiro atoms. The van der Waals surface area contributed by atoms with Gasteiger partial charge in [-0.05, 0) is 55.7 Å². The van der Waals surface area contributed by atoms with Crippen LogP contribution in [0.3, 0.4) is 0 Å². The van der Waals surface area contributed by atoms with Crippen LogP contribution in [0.5, 0.6) is 5.75 Å². The van der Waals surface area contributed by atoms with Gasteiger partial charge in [-0.1, -0.05) is 18.2 Å². The van der Waals surface area contributed by atoms with E-state index in [1.54, 1.807) is 24.3 Å². The Morgan fingerprint density at radius 1 is 1.08 bits per heavy atom. The molecule has 1 saturated heterocycles. The molecule has 0 aromatic heterocycles. The highest BCUT2D eigenvalue weighted by Gasteiger charge is 2.19. The third-order valence-corrected chi connectivity index (χ3v) is 4.15. The summed E-state index contributed by atoms with van der Waals surface area (Å²) in [5, 5.41) is 2.78. The quantitative estimate of drug-likeness (QED) is 0.910. The summed E-state index contributed by atoms with van der Waals surface area (Å²) in [6.07, 6.45) is 2.11. The number of likely N-dealkylation sites (tertiary alicyclic amines) is 1. The number of anilines is 1. The van der Waals surface area contributed by atoms with Crippen LogP contribution in [-0.4, -0.2) is 36.4 Å². The van der Waals surface area contributed by atoms with Crippen molar-refractivity contribution in [3.8, 4) is 5.75 Å². The SMILES string of the molecule is Cc1cccc(OCC(=O)Nc2cccc(C(=O)N3CCCC3)c2)c1. The average Bonchev–Trinajstić information content (AvgIpc) is 3.14. The van der Waals surface area contributed by atoms with Crippen molar-refractivity contribution in [1.82, 2.24) is 4.90 Å². The molecule has 5 heteroatoms. The Bertz CT molecular complexity index is 767. The lowest BCUT2D eigenvalue weighted by atomic mass is 10.1. The highest BCUT2D eigenvalue weighted by atomic mass is 16.5. The zero-order chi connectivity index (χ0) is 17.6. The van der Waals surface area contributed by atoms with Crippen molar-refractivity contribution in [2.75, 3.05) is 25.0 Å². The molecule has 0 aliphatic carbocycles. The summed E-state index contributed by atoms with van der Waals surface area (Å²) in [5.74, 6) is 0.421. The molecule has 25 heavy (non-hydrogen) atoms. The number of hydrogen-bond donors (Lipinski definition) is 1. The lowest BCUT2D eigenvalue weighted by Crippen LogP contribution is -2.27. The van der Waals surface area contributed by atoms with Crippen LogP contribution in [-0.2, 0) is 4.79 Å². The number of amides is 2. The number of aryl methyl sites for hydroxylation is 1. The topological polar surface area (TPSA) is 58.6 Å². The zero-order valence-electron chi connectivity index (χ0n) is 14.3. The predicted molar refractivity (Wildman–Crippen MR) is 96.9 cm³/mol. The van der Waals surface area contributed by atoms with Crippen LogP contribution in [0.1, 0.15) is 28.8 Å². The van der Waals surface area contributed by atoms with Crippen molar-refractivity contribution in [1.29, 1.82) is 0 Å².